The molecule has 1 saturated heterocycles. The Morgan fingerprint density at radius 3 is 2.65 bits per heavy atom. The Kier molecular flexibility index (Phi) is 4.79. The number of nitrogens with zero attached hydrogens (tertiary/aromatic N) is 3. The van der Waals surface area contributed by atoms with Crippen LogP contribution in [0.25, 0.3) is 0 Å². The molecule has 1 aromatic heterocycles. The molecule has 6 heteroatoms. The smallest absolute Gasteiger partial charge is 0.254 e. The molecule has 0 aliphatic carbocycles. The van der Waals surface area contributed by atoms with Crippen molar-refractivity contribution in [3.05, 3.63) is 58.9 Å². The molecule has 2 aromatic rings. The first-order valence-corrected chi connectivity index (χ1v) is 8.00. The van der Waals surface area contributed by atoms with Crippen LogP contribution in [0.4, 0.5) is 5.69 Å². The summed E-state index contributed by atoms with van der Waals surface area (Å²) in [6.45, 7) is 3.29. The van der Waals surface area contributed by atoms with Crippen molar-refractivity contribution in [1.29, 1.82) is 0 Å². The maximum absolute atomic E-state index is 12.6. The second kappa shape index (κ2) is 6.98. The van der Waals surface area contributed by atoms with Crippen molar-refractivity contribution >= 4 is 23.2 Å². The molecule has 0 unspecified atom stereocenters. The molecule has 2 N–H and O–H groups in total. The molecule has 23 heavy (non-hydrogen) atoms. The van der Waals surface area contributed by atoms with Crippen molar-refractivity contribution in [2.24, 2.45) is 5.73 Å². The summed E-state index contributed by atoms with van der Waals surface area (Å²) < 4.78 is 0. The number of anilines is 1. The lowest BCUT2D eigenvalue weighted by molar-refractivity contribution is 0.0746. The highest BCUT2D eigenvalue weighted by Gasteiger charge is 2.22. The molecular formula is C17H19ClN4O. The van der Waals surface area contributed by atoms with Gasteiger partial charge in [0.25, 0.3) is 5.91 Å². The number of benzene rings is 1. The van der Waals surface area contributed by atoms with Gasteiger partial charge in [-0.1, -0.05) is 17.7 Å². The first-order chi connectivity index (χ1) is 11.2. The average molecular weight is 331 g/mol. The summed E-state index contributed by atoms with van der Waals surface area (Å²) in [5, 5.41) is 0.729. The lowest BCUT2D eigenvalue weighted by Crippen LogP contribution is -2.48. The van der Waals surface area contributed by atoms with E-state index in [4.69, 9.17) is 17.3 Å². The van der Waals surface area contributed by atoms with E-state index in [0.717, 1.165) is 29.5 Å². The lowest BCUT2D eigenvalue weighted by Gasteiger charge is -2.36. The molecule has 120 valence electrons. The van der Waals surface area contributed by atoms with Gasteiger partial charge >= 0.3 is 0 Å². The number of carbonyl (C=O) groups excluding carboxylic acids is 1. The minimum absolute atomic E-state index is 0.0350. The number of pyridine rings is 1. The van der Waals surface area contributed by atoms with E-state index in [9.17, 15) is 4.79 Å². The van der Waals surface area contributed by atoms with Gasteiger partial charge in [-0.2, -0.15) is 0 Å². The first kappa shape index (κ1) is 15.8. The molecule has 5 nitrogen and oxygen atoms in total. The van der Waals surface area contributed by atoms with Gasteiger partial charge in [0.15, 0.2) is 0 Å². The van der Waals surface area contributed by atoms with Crippen molar-refractivity contribution in [3.8, 4) is 0 Å². The van der Waals surface area contributed by atoms with Gasteiger partial charge in [-0.15, -0.1) is 0 Å². The van der Waals surface area contributed by atoms with E-state index < -0.39 is 0 Å². The Bertz CT molecular complexity index is 698. The highest BCUT2D eigenvalue weighted by atomic mass is 35.5. The zero-order valence-corrected chi connectivity index (χ0v) is 13.5. The van der Waals surface area contributed by atoms with Gasteiger partial charge in [0.2, 0.25) is 0 Å². The van der Waals surface area contributed by atoms with Crippen LogP contribution in [0.1, 0.15) is 16.1 Å². The minimum atomic E-state index is 0.0350. The fourth-order valence-electron chi connectivity index (χ4n) is 2.75. The highest BCUT2D eigenvalue weighted by Crippen LogP contribution is 2.21. The first-order valence-electron chi connectivity index (χ1n) is 7.62. The van der Waals surface area contributed by atoms with Gasteiger partial charge in [0, 0.05) is 55.2 Å². The van der Waals surface area contributed by atoms with Crippen LogP contribution in [0.2, 0.25) is 5.02 Å². The predicted octanol–water partition coefficient (Wildman–Crippen LogP) is 2.16. The maximum atomic E-state index is 12.6. The summed E-state index contributed by atoms with van der Waals surface area (Å²) in [5.41, 5.74) is 8.06. The Labute approximate surface area is 140 Å². The Morgan fingerprint density at radius 2 is 1.96 bits per heavy atom. The maximum Gasteiger partial charge on any atom is 0.254 e. The summed E-state index contributed by atoms with van der Waals surface area (Å²) in [6, 6.07) is 11.3. The van der Waals surface area contributed by atoms with Crippen LogP contribution < -0.4 is 10.6 Å². The number of hydrogen-bond acceptors (Lipinski definition) is 4. The molecule has 1 fully saturated rings. The Hall–Kier alpha value is -2.11. The average Bonchev–Trinajstić information content (AvgIpc) is 2.61. The normalized spacial score (nSPS) is 14.9. The van der Waals surface area contributed by atoms with E-state index >= 15 is 0 Å². The number of halogens is 1. The number of rotatable bonds is 3. The molecule has 0 atom stereocenters. The molecule has 0 saturated carbocycles. The van der Waals surface area contributed by atoms with E-state index in [2.05, 4.69) is 9.88 Å². The molecule has 2 heterocycles. The standard InChI is InChI=1S/C17H19ClN4O/c18-14-2-1-3-16(11-14)21-6-8-22(9-7-21)17(23)13-4-5-20-15(10-13)12-19/h1-5,10-11H,6-9,12,19H2. The third-order valence-electron chi connectivity index (χ3n) is 4.01. The third-order valence-corrected chi connectivity index (χ3v) is 4.25. The van der Waals surface area contributed by atoms with Crippen LogP contribution in [0, 0.1) is 0 Å². The zero-order valence-electron chi connectivity index (χ0n) is 12.8. The number of amides is 1. The van der Waals surface area contributed by atoms with E-state index in [0.29, 0.717) is 25.2 Å². The van der Waals surface area contributed by atoms with Crippen LogP contribution in [0.15, 0.2) is 42.6 Å². The van der Waals surface area contributed by atoms with Crippen LogP contribution >= 0.6 is 11.6 Å². The van der Waals surface area contributed by atoms with Gasteiger partial charge in [-0.3, -0.25) is 9.78 Å². The van der Waals surface area contributed by atoms with Crippen molar-refractivity contribution < 1.29 is 4.79 Å². The Morgan fingerprint density at radius 1 is 1.17 bits per heavy atom. The number of nitrogens with two attached hydrogens (primary N) is 1. The minimum Gasteiger partial charge on any atom is -0.368 e. The monoisotopic (exact) mass is 330 g/mol. The molecular weight excluding hydrogens is 312 g/mol. The van der Waals surface area contributed by atoms with Crippen LogP contribution in [-0.2, 0) is 6.54 Å². The van der Waals surface area contributed by atoms with E-state index in [1.54, 1.807) is 18.3 Å². The van der Waals surface area contributed by atoms with Gasteiger partial charge in [-0.25, -0.2) is 0 Å². The van der Waals surface area contributed by atoms with Crippen molar-refractivity contribution in [1.82, 2.24) is 9.88 Å². The van der Waals surface area contributed by atoms with Crippen molar-refractivity contribution in [2.45, 2.75) is 6.54 Å². The molecule has 1 aromatic carbocycles. The fraction of sp³-hybridized carbons (Fsp3) is 0.294. The second-order valence-electron chi connectivity index (χ2n) is 5.50. The SMILES string of the molecule is NCc1cc(C(=O)N2CCN(c3cccc(Cl)c3)CC2)ccn1. The molecule has 3 rings (SSSR count). The van der Waals surface area contributed by atoms with Crippen LogP contribution in [0.3, 0.4) is 0 Å². The zero-order chi connectivity index (χ0) is 16.2. The number of carbonyl (C=O) groups is 1. The largest absolute Gasteiger partial charge is 0.368 e. The summed E-state index contributed by atoms with van der Waals surface area (Å²) in [7, 11) is 0. The number of piperazine rings is 1. The quantitative estimate of drug-likeness (QED) is 0.936. The molecule has 0 bridgehead atoms. The molecule has 1 aliphatic heterocycles. The van der Waals surface area contributed by atoms with Crippen LogP contribution in [-0.4, -0.2) is 42.0 Å². The summed E-state index contributed by atoms with van der Waals surface area (Å²) >= 11 is 6.04. The van der Waals surface area contributed by atoms with Crippen LogP contribution in [0.5, 0.6) is 0 Å². The third kappa shape index (κ3) is 3.63. The van der Waals surface area contributed by atoms with E-state index in [1.165, 1.54) is 0 Å². The topological polar surface area (TPSA) is 62.5 Å². The van der Waals surface area contributed by atoms with Crippen molar-refractivity contribution in [2.75, 3.05) is 31.1 Å². The molecule has 0 radical (unpaired) electrons. The van der Waals surface area contributed by atoms with E-state index in [-0.39, 0.29) is 5.91 Å². The second-order valence-corrected chi connectivity index (χ2v) is 5.94. The van der Waals surface area contributed by atoms with Gasteiger partial charge < -0.3 is 15.5 Å². The number of aromatic nitrogens is 1. The van der Waals surface area contributed by atoms with Gasteiger partial charge in [0.1, 0.15) is 0 Å². The fourth-order valence-corrected chi connectivity index (χ4v) is 2.93. The van der Waals surface area contributed by atoms with Crippen molar-refractivity contribution in [3.63, 3.8) is 0 Å². The molecule has 1 aliphatic rings. The summed E-state index contributed by atoms with van der Waals surface area (Å²) in [4.78, 5) is 20.8. The lowest BCUT2D eigenvalue weighted by atomic mass is 10.1. The highest BCUT2D eigenvalue weighted by molar-refractivity contribution is 6.30. The van der Waals surface area contributed by atoms with E-state index in [1.807, 2.05) is 29.2 Å². The molecule has 0 spiro atoms. The number of hydrogen-bond donors (Lipinski definition) is 1. The van der Waals surface area contributed by atoms with Gasteiger partial charge in [0.05, 0.1) is 5.69 Å². The summed E-state index contributed by atoms with van der Waals surface area (Å²) in [5.74, 6) is 0.0350. The Balaban J connectivity index is 1.65. The van der Waals surface area contributed by atoms with Gasteiger partial charge in [-0.05, 0) is 30.3 Å². The predicted molar refractivity (Wildman–Crippen MR) is 91.7 cm³/mol. The molecule has 1 amide bonds. The summed E-state index contributed by atoms with van der Waals surface area (Å²) in [6.07, 6.45) is 1.64.